The molecule has 0 atom stereocenters. The quantitative estimate of drug-likeness (QED) is 0.773. The fraction of sp³-hybridized carbons (Fsp3) is 0.353. The number of aromatic amines is 1. The number of rotatable bonds is 6. The van der Waals surface area contributed by atoms with Crippen LogP contribution >= 0.6 is 23.2 Å². The summed E-state index contributed by atoms with van der Waals surface area (Å²) < 4.78 is 5.88. The molecule has 1 aliphatic rings. The molecule has 2 aromatic rings. The molecule has 0 aliphatic carbocycles. The van der Waals surface area contributed by atoms with E-state index in [1.54, 1.807) is 30.9 Å². The molecule has 0 unspecified atom stereocenters. The second kappa shape index (κ2) is 8.53. The van der Waals surface area contributed by atoms with Gasteiger partial charge in [0.1, 0.15) is 6.26 Å². The van der Waals surface area contributed by atoms with Crippen LogP contribution in [0.4, 0.5) is 0 Å². The van der Waals surface area contributed by atoms with E-state index in [9.17, 15) is 0 Å². The van der Waals surface area contributed by atoms with Crippen molar-refractivity contribution < 1.29 is 9.57 Å². The molecule has 1 fully saturated rings. The number of ether oxygens (including phenoxy) is 1. The number of H-pyrrole nitrogens is 1. The molecule has 0 bridgehead atoms. The summed E-state index contributed by atoms with van der Waals surface area (Å²) in [5.41, 5.74) is 1.94. The van der Waals surface area contributed by atoms with Crippen molar-refractivity contribution in [1.29, 1.82) is 0 Å². The molecule has 1 aromatic heterocycles. The van der Waals surface area contributed by atoms with E-state index in [-0.39, 0.29) is 6.10 Å². The lowest BCUT2D eigenvalue weighted by atomic mass is 10.1. The first-order valence-electron chi connectivity index (χ1n) is 7.83. The van der Waals surface area contributed by atoms with Crippen LogP contribution in [0.15, 0.2) is 37.0 Å². The summed E-state index contributed by atoms with van der Waals surface area (Å²) >= 11 is 11.9. The van der Waals surface area contributed by atoms with Gasteiger partial charge in [-0.25, -0.2) is 4.98 Å². The first kappa shape index (κ1) is 17.3. The summed E-state index contributed by atoms with van der Waals surface area (Å²) in [6.07, 6.45) is 9.12. The molecule has 1 aliphatic heterocycles. The number of nitrogens with one attached hydrogen (secondary N) is 1. The molecule has 24 heavy (non-hydrogen) atoms. The second-order valence-corrected chi connectivity index (χ2v) is 6.41. The van der Waals surface area contributed by atoms with Gasteiger partial charge in [0, 0.05) is 13.1 Å². The Morgan fingerprint density at radius 2 is 2.08 bits per heavy atom. The van der Waals surface area contributed by atoms with Crippen LogP contribution in [0, 0.1) is 0 Å². The van der Waals surface area contributed by atoms with E-state index in [1.165, 1.54) is 0 Å². The molecule has 0 saturated carbocycles. The molecule has 5 nitrogen and oxygen atoms in total. The van der Waals surface area contributed by atoms with E-state index in [0.29, 0.717) is 16.7 Å². The van der Waals surface area contributed by atoms with Gasteiger partial charge in [0.2, 0.25) is 0 Å². The lowest BCUT2D eigenvalue weighted by Crippen LogP contribution is -2.35. The molecule has 128 valence electrons. The highest BCUT2D eigenvalue weighted by Gasteiger charge is 2.20. The molecule has 0 amide bonds. The van der Waals surface area contributed by atoms with Crippen molar-refractivity contribution in [1.82, 2.24) is 15.0 Å². The lowest BCUT2D eigenvalue weighted by Gasteiger charge is -2.30. The molecule has 0 spiro atoms. The number of benzene rings is 1. The number of hydrogen-bond acceptors (Lipinski definition) is 4. The number of imidazole rings is 1. The maximum atomic E-state index is 5.99. The van der Waals surface area contributed by atoms with Crippen molar-refractivity contribution in [3.63, 3.8) is 0 Å². The number of piperidine rings is 1. The summed E-state index contributed by atoms with van der Waals surface area (Å²) in [4.78, 5) is 12.7. The van der Waals surface area contributed by atoms with Gasteiger partial charge in [-0.05, 0) is 36.6 Å². The van der Waals surface area contributed by atoms with E-state index >= 15 is 0 Å². The second-order valence-electron chi connectivity index (χ2n) is 5.60. The number of nitrogens with zero attached hydrogens (tertiary/aromatic N) is 2. The number of halogens is 2. The minimum atomic E-state index is 0.257. The third kappa shape index (κ3) is 4.98. The van der Waals surface area contributed by atoms with Gasteiger partial charge in [0.25, 0.3) is 0 Å². The molecule has 1 N–H and O–H groups in total. The molecule has 7 heteroatoms. The van der Waals surface area contributed by atoms with Crippen LogP contribution < -0.4 is 0 Å². The molecular formula is C17H19Cl2N3O2. The van der Waals surface area contributed by atoms with Gasteiger partial charge in [-0.15, -0.1) is 5.06 Å². The number of aromatic nitrogens is 2. The lowest BCUT2D eigenvalue weighted by molar-refractivity contribution is -0.139. The molecule has 3 rings (SSSR count). The molecular weight excluding hydrogens is 349 g/mol. The van der Waals surface area contributed by atoms with Crippen LogP contribution in [-0.4, -0.2) is 34.2 Å². The van der Waals surface area contributed by atoms with Crippen molar-refractivity contribution in [2.45, 2.75) is 25.6 Å². The van der Waals surface area contributed by atoms with Crippen LogP contribution in [0.5, 0.6) is 0 Å². The highest BCUT2D eigenvalue weighted by molar-refractivity contribution is 6.42. The van der Waals surface area contributed by atoms with Crippen LogP contribution in [0.25, 0.3) is 6.08 Å². The Bertz CT molecular complexity index is 668. The zero-order valence-electron chi connectivity index (χ0n) is 13.1. The molecule has 1 saturated heterocycles. The summed E-state index contributed by atoms with van der Waals surface area (Å²) in [5, 5.41) is 3.02. The van der Waals surface area contributed by atoms with Crippen LogP contribution in [0.3, 0.4) is 0 Å². The monoisotopic (exact) mass is 367 g/mol. The van der Waals surface area contributed by atoms with E-state index < -0.39 is 0 Å². The Morgan fingerprint density at radius 3 is 2.79 bits per heavy atom. The third-order valence-corrected chi connectivity index (χ3v) is 4.58. The summed E-state index contributed by atoms with van der Waals surface area (Å²) in [5.74, 6) is 0. The van der Waals surface area contributed by atoms with Crippen molar-refractivity contribution in [3.8, 4) is 0 Å². The van der Waals surface area contributed by atoms with Gasteiger partial charge in [-0.3, -0.25) is 0 Å². The average Bonchev–Trinajstić information content (AvgIpc) is 3.11. The maximum Gasteiger partial charge on any atom is 0.112 e. The third-order valence-electron chi connectivity index (χ3n) is 3.84. The van der Waals surface area contributed by atoms with Gasteiger partial charge >= 0.3 is 0 Å². The minimum Gasteiger partial charge on any atom is -0.414 e. The van der Waals surface area contributed by atoms with E-state index in [4.69, 9.17) is 32.8 Å². The van der Waals surface area contributed by atoms with E-state index in [0.717, 1.165) is 37.2 Å². The summed E-state index contributed by atoms with van der Waals surface area (Å²) in [7, 11) is 0. The standard InChI is InChI=1S/C17H19Cl2N3O2/c18-16-2-1-13(9-17(16)19)5-8-24-22-6-3-15(4-7-22)23-11-14-10-20-12-21-14/h1-2,5,8-10,12,15H,3-4,6-7,11H2,(H,20,21)/b8-5+. The smallest absolute Gasteiger partial charge is 0.112 e. The van der Waals surface area contributed by atoms with Crippen LogP contribution in [0.1, 0.15) is 24.1 Å². The van der Waals surface area contributed by atoms with Gasteiger partial charge in [-0.2, -0.15) is 0 Å². The first-order chi connectivity index (χ1) is 11.7. The SMILES string of the molecule is Clc1ccc(/C=C/ON2CCC(OCc3cnc[nH]3)CC2)cc1Cl. The Balaban J connectivity index is 1.38. The van der Waals surface area contributed by atoms with Crippen LogP contribution in [0.2, 0.25) is 10.0 Å². The Kier molecular flexibility index (Phi) is 6.15. The Labute approximate surface area is 151 Å². The maximum absolute atomic E-state index is 5.99. The van der Waals surface area contributed by atoms with Gasteiger partial charge in [0.15, 0.2) is 0 Å². The summed E-state index contributed by atoms with van der Waals surface area (Å²) in [6.45, 7) is 2.24. The number of hydrogen-bond donors (Lipinski definition) is 1. The Morgan fingerprint density at radius 1 is 1.25 bits per heavy atom. The highest BCUT2D eigenvalue weighted by atomic mass is 35.5. The average molecular weight is 368 g/mol. The molecule has 2 heterocycles. The highest BCUT2D eigenvalue weighted by Crippen LogP contribution is 2.23. The largest absolute Gasteiger partial charge is 0.414 e. The topological polar surface area (TPSA) is 50.4 Å². The molecule has 0 radical (unpaired) electrons. The first-order valence-corrected chi connectivity index (χ1v) is 8.58. The predicted octanol–water partition coefficient (Wildman–Crippen LogP) is 4.30. The fourth-order valence-corrected chi connectivity index (χ4v) is 2.79. The fourth-order valence-electron chi connectivity index (χ4n) is 2.49. The van der Waals surface area contributed by atoms with Gasteiger partial charge in [0.05, 0.1) is 41.0 Å². The zero-order valence-corrected chi connectivity index (χ0v) is 14.6. The van der Waals surface area contributed by atoms with Crippen molar-refractivity contribution >= 4 is 29.3 Å². The van der Waals surface area contributed by atoms with Crippen molar-refractivity contribution in [2.24, 2.45) is 0 Å². The van der Waals surface area contributed by atoms with E-state index in [1.807, 2.05) is 17.2 Å². The van der Waals surface area contributed by atoms with Gasteiger partial charge < -0.3 is 14.6 Å². The minimum absolute atomic E-state index is 0.257. The van der Waals surface area contributed by atoms with Crippen molar-refractivity contribution in [3.05, 3.63) is 58.3 Å². The predicted molar refractivity (Wildman–Crippen MR) is 94.6 cm³/mol. The van der Waals surface area contributed by atoms with Gasteiger partial charge in [-0.1, -0.05) is 29.3 Å². The number of hydroxylamine groups is 2. The van der Waals surface area contributed by atoms with Crippen LogP contribution in [-0.2, 0) is 16.2 Å². The van der Waals surface area contributed by atoms with E-state index in [2.05, 4.69) is 9.97 Å². The molecule has 1 aromatic carbocycles. The Hall–Kier alpha value is -1.53. The van der Waals surface area contributed by atoms with Crippen molar-refractivity contribution in [2.75, 3.05) is 13.1 Å². The normalized spacial score (nSPS) is 16.8. The zero-order chi connectivity index (χ0) is 16.8. The summed E-state index contributed by atoms with van der Waals surface area (Å²) in [6, 6.07) is 5.47.